The number of ether oxygens (including phenoxy) is 2. The van der Waals surface area contributed by atoms with Crippen molar-refractivity contribution >= 4 is 17.5 Å². The van der Waals surface area contributed by atoms with E-state index in [1.165, 1.54) is 24.3 Å². The lowest BCUT2D eigenvalue weighted by Crippen LogP contribution is -2.41. The lowest BCUT2D eigenvalue weighted by Gasteiger charge is -2.20. The predicted molar refractivity (Wildman–Crippen MR) is 85.5 cm³/mol. The summed E-state index contributed by atoms with van der Waals surface area (Å²) in [6, 6.07) is 9.86. The Morgan fingerprint density at radius 3 is 2.36 bits per heavy atom. The number of fused-ring (bicyclic) bond motifs is 1. The SMILES string of the molecule is O=C(NNC(=O)c1cccc2c1OCCO2)c1ccc([N+](=O)[O-])cc1. The molecule has 0 aliphatic carbocycles. The van der Waals surface area contributed by atoms with Crippen LogP contribution in [0.2, 0.25) is 0 Å². The van der Waals surface area contributed by atoms with Crippen LogP contribution in [0.5, 0.6) is 11.5 Å². The molecule has 0 atom stereocenters. The molecular weight excluding hydrogens is 330 g/mol. The summed E-state index contributed by atoms with van der Waals surface area (Å²) in [6.07, 6.45) is 0. The van der Waals surface area contributed by atoms with Crippen LogP contribution in [-0.4, -0.2) is 30.0 Å². The second kappa shape index (κ2) is 6.87. The van der Waals surface area contributed by atoms with Crippen LogP contribution in [0.25, 0.3) is 0 Å². The van der Waals surface area contributed by atoms with Crippen molar-refractivity contribution in [2.45, 2.75) is 0 Å². The zero-order chi connectivity index (χ0) is 17.8. The van der Waals surface area contributed by atoms with Gasteiger partial charge in [-0.15, -0.1) is 0 Å². The Morgan fingerprint density at radius 1 is 0.960 bits per heavy atom. The molecular formula is C16H13N3O6. The highest BCUT2D eigenvalue weighted by atomic mass is 16.6. The van der Waals surface area contributed by atoms with E-state index in [1.807, 2.05) is 0 Å². The van der Waals surface area contributed by atoms with Crippen molar-refractivity contribution in [1.82, 2.24) is 10.9 Å². The maximum Gasteiger partial charge on any atom is 0.273 e. The normalized spacial score (nSPS) is 12.2. The Balaban J connectivity index is 1.66. The van der Waals surface area contributed by atoms with Crippen LogP contribution in [0.15, 0.2) is 42.5 Å². The first-order chi connectivity index (χ1) is 12.1. The van der Waals surface area contributed by atoms with Crippen molar-refractivity contribution in [3.8, 4) is 11.5 Å². The summed E-state index contributed by atoms with van der Waals surface area (Å²) in [5.74, 6) is -0.403. The van der Waals surface area contributed by atoms with E-state index in [9.17, 15) is 19.7 Å². The summed E-state index contributed by atoms with van der Waals surface area (Å²) in [5, 5.41) is 10.6. The summed E-state index contributed by atoms with van der Waals surface area (Å²) < 4.78 is 10.8. The summed E-state index contributed by atoms with van der Waals surface area (Å²) in [4.78, 5) is 34.3. The number of carbonyl (C=O) groups excluding carboxylic acids is 2. The number of nitro benzene ring substituents is 1. The first-order valence-electron chi connectivity index (χ1n) is 7.30. The highest BCUT2D eigenvalue weighted by Gasteiger charge is 2.20. The molecule has 2 amide bonds. The van der Waals surface area contributed by atoms with Gasteiger partial charge in [0.25, 0.3) is 17.5 Å². The van der Waals surface area contributed by atoms with Gasteiger partial charge in [-0.2, -0.15) is 0 Å². The molecule has 0 radical (unpaired) electrons. The van der Waals surface area contributed by atoms with Gasteiger partial charge in [-0.3, -0.25) is 30.6 Å². The summed E-state index contributed by atoms with van der Waals surface area (Å²) in [5.41, 5.74) is 4.78. The molecule has 0 bridgehead atoms. The van der Waals surface area contributed by atoms with Crippen LogP contribution in [0, 0.1) is 10.1 Å². The molecule has 9 heteroatoms. The molecule has 3 rings (SSSR count). The largest absolute Gasteiger partial charge is 0.486 e. The van der Waals surface area contributed by atoms with Crippen LogP contribution in [0.1, 0.15) is 20.7 Å². The summed E-state index contributed by atoms with van der Waals surface area (Å²) in [7, 11) is 0. The number of nitro groups is 1. The van der Waals surface area contributed by atoms with Gasteiger partial charge < -0.3 is 9.47 Å². The molecule has 1 aliphatic rings. The van der Waals surface area contributed by atoms with E-state index < -0.39 is 16.7 Å². The zero-order valence-electron chi connectivity index (χ0n) is 12.9. The highest BCUT2D eigenvalue weighted by molar-refractivity contribution is 6.01. The number of benzene rings is 2. The fourth-order valence-corrected chi connectivity index (χ4v) is 2.24. The van der Waals surface area contributed by atoms with Gasteiger partial charge in [-0.1, -0.05) is 6.07 Å². The van der Waals surface area contributed by atoms with Crippen LogP contribution in [0.3, 0.4) is 0 Å². The van der Waals surface area contributed by atoms with E-state index in [0.29, 0.717) is 24.7 Å². The van der Waals surface area contributed by atoms with Crippen molar-refractivity contribution in [3.05, 3.63) is 63.7 Å². The molecule has 1 heterocycles. The highest BCUT2D eigenvalue weighted by Crippen LogP contribution is 2.33. The molecule has 0 fully saturated rings. The van der Waals surface area contributed by atoms with Crippen LogP contribution >= 0.6 is 0 Å². The van der Waals surface area contributed by atoms with Crippen molar-refractivity contribution in [1.29, 1.82) is 0 Å². The Hall–Kier alpha value is -3.62. The number of rotatable bonds is 3. The zero-order valence-corrected chi connectivity index (χ0v) is 12.9. The third-order valence-electron chi connectivity index (χ3n) is 3.44. The molecule has 2 N–H and O–H groups in total. The quantitative estimate of drug-likeness (QED) is 0.643. The van der Waals surface area contributed by atoms with E-state index in [0.717, 1.165) is 0 Å². The number of nitrogens with zero attached hydrogens (tertiary/aromatic N) is 1. The monoisotopic (exact) mass is 343 g/mol. The third-order valence-corrected chi connectivity index (χ3v) is 3.44. The number of hydrogen-bond acceptors (Lipinski definition) is 6. The fourth-order valence-electron chi connectivity index (χ4n) is 2.24. The molecule has 25 heavy (non-hydrogen) atoms. The molecule has 0 unspecified atom stereocenters. The molecule has 9 nitrogen and oxygen atoms in total. The molecule has 0 saturated carbocycles. The number of para-hydroxylation sites is 1. The van der Waals surface area contributed by atoms with Gasteiger partial charge in [0.1, 0.15) is 13.2 Å². The number of hydrazine groups is 1. The average Bonchev–Trinajstić information content (AvgIpc) is 2.65. The number of carbonyl (C=O) groups is 2. The minimum absolute atomic E-state index is 0.131. The number of hydrogen-bond donors (Lipinski definition) is 2. The van der Waals surface area contributed by atoms with Gasteiger partial charge in [0, 0.05) is 17.7 Å². The van der Waals surface area contributed by atoms with Crippen molar-refractivity contribution in [2.24, 2.45) is 0 Å². The molecule has 0 saturated heterocycles. The van der Waals surface area contributed by atoms with Gasteiger partial charge in [-0.25, -0.2) is 0 Å². The Bertz CT molecular complexity index is 834. The van der Waals surface area contributed by atoms with Crippen LogP contribution in [-0.2, 0) is 0 Å². The van der Waals surface area contributed by atoms with Gasteiger partial charge in [0.15, 0.2) is 11.5 Å². The summed E-state index contributed by atoms with van der Waals surface area (Å²) >= 11 is 0. The van der Waals surface area contributed by atoms with E-state index in [-0.39, 0.29) is 16.8 Å². The maximum atomic E-state index is 12.2. The Kier molecular flexibility index (Phi) is 4.46. The van der Waals surface area contributed by atoms with Crippen LogP contribution < -0.4 is 20.3 Å². The topological polar surface area (TPSA) is 120 Å². The first kappa shape index (κ1) is 16.2. The van der Waals surface area contributed by atoms with E-state index >= 15 is 0 Å². The lowest BCUT2D eigenvalue weighted by molar-refractivity contribution is -0.384. The lowest BCUT2D eigenvalue weighted by atomic mass is 10.1. The van der Waals surface area contributed by atoms with E-state index in [1.54, 1.807) is 18.2 Å². The third kappa shape index (κ3) is 3.50. The van der Waals surface area contributed by atoms with Gasteiger partial charge in [-0.05, 0) is 24.3 Å². The smallest absolute Gasteiger partial charge is 0.273 e. The standard InChI is InChI=1S/C16H13N3O6/c20-15(10-4-6-11(7-5-10)19(22)23)17-18-16(21)12-2-1-3-13-14(12)25-9-8-24-13/h1-7H,8-9H2,(H,17,20)(H,18,21). The minimum Gasteiger partial charge on any atom is -0.486 e. The molecule has 0 spiro atoms. The van der Waals surface area contributed by atoms with Gasteiger partial charge >= 0.3 is 0 Å². The molecule has 0 aromatic heterocycles. The van der Waals surface area contributed by atoms with Crippen LogP contribution in [0.4, 0.5) is 5.69 Å². The van der Waals surface area contributed by atoms with Gasteiger partial charge in [0.2, 0.25) is 0 Å². The second-order valence-electron chi connectivity index (χ2n) is 5.04. The molecule has 1 aliphatic heterocycles. The average molecular weight is 343 g/mol. The van der Waals surface area contributed by atoms with Crippen molar-refractivity contribution in [3.63, 3.8) is 0 Å². The number of non-ortho nitro benzene ring substituents is 1. The maximum absolute atomic E-state index is 12.2. The molecule has 2 aromatic carbocycles. The Labute approximate surface area is 141 Å². The van der Waals surface area contributed by atoms with Gasteiger partial charge in [0.05, 0.1) is 10.5 Å². The first-order valence-corrected chi connectivity index (χ1v) is 7.30. The number of amides is 2. The predicted octanol–water partition coefficient (Wildman–Crippen LogP) is 1.44. The van der Waals surface area contributed by atoms with Crippen molar-refractivity contribution < 1.29 is 24.0 Å². The fraction of sp³-hybridized carbons (Fsp3) is 0.125. The Morgan fingerprint density at radius 2 is 1.64 bits per heavy atom. The van der Waals surface area contributed by atoms with E-state index in [4.69, 9.17) is 9.47 Å². The van der Waals surface area contributed by atoms with Crippen molar-refractivity contribution in [2.75, 3.05) is 13.2 Å². The minimum atomic E-state index is -0.606. The summed E-state index contributed by atoms with van der Waals surface area (Å²) in [6.45, 7) is 0.724. The van der Waals surface area contributed by atoms with E-state index in [2.05, 4.69) is 10.9 Å². The molecule has 128 valence electrons. The number of nitrogens with one attached hydrogen (secondary N) is 2. The molecule has 2 aromatic rings. The second-order valence-corrected chi connectivity index (χ2v) is 5.04.